The molecule has 1 aliphatic heterocycles. The monoisotopic (exact) mass is 265 g/mol. The number of hydrogen-bond donors (Lipinski definition) is 0. The van der Waals surface area contributed by atoms with Gasteiger partial charge in [-0.05, 0) is 32.4 Å². The molecule has 18 heavy (non-hydrogen) atoms. The van der Waals surface area contributed by atoms with Gasteiger partial charge in [0.2, 0.25) is 0 Å². The summed E-state index contributed by atoms with van der Waals surface area (Å²) in [7, 11) is 0. The van der Waals surface area contributed by atoms with E-state index in [1.54, 1.807) is 6.20 Å². The minimum Gasteiger partial charge on any atom is -0.379 e. The summed E-state index contributed by atoms with van der Waals surface area (Å²) in [4.78, 5) is 9.08. The van der Waals surface area contributed by atoms with Gasteiger partial charge in [0.15, 0.2) is 5.65 Å². The number of rotatable bonds is 2. The van der Waals surface area contributed by atoms with Crippen molar-refractivity contribution in [1.82, 2.24) is 14.5 Å². The summed E-state index contributed by atoms with van der Waals surface area (Å²) in [6.45, 7) is 5.59. The SMILES string of the molecule is CC(Cl)c1nc2cccnc2n1C1(C)CCOC1. The molecule has 0 aromatic carbocycles. The maximum absolute atomic E-state index is 6.27. The van der Waals surface area contributed by atoms with E-state index in [4.69, 9.17) is 16.3 Å². The lowest BCUT2D eigenvalue weighted by Crippen LogP contribution is -2.32. The normalized spacial score (nSPS) is 25.7. The van der Waals surface area contributed by atoms with Gasteiger partial charge >= 0.3 is 0 Å². The minimum atomic E-state index is -0.142. The molecular weight excluding hydrogens is 250 g/mol. The van der Waals surface area contributed by atoms with Crippen LogP contribution in [0.1, 0.15) is 31.5 Å². The van der Waals surface area contributed by atoms with Gasteiger partial charge in [0.25, 0.3) is 0 Å². The van der Waals surface area contributed by atoms with Crippen molar-refractivity contribution in [2.24, 2.45) is 0 Å². The third-order valence-electron chi connectivity index (χ3n) is 3.54. The third kappa shape index (κ3) is 1.71. The molecule has 0 bridgehead atoms. The van der Waals surface area contributed by atoms with E-state index in [-0.39, 0.29) is 10.9 Å². The molecule has 0 N–H and O–H groups in total. The summed E-state index contributed by atoms with van der Waals surface area (Å²) in [6.07, 6.45) is 2.76. The highest BCUT2D eigenvalue weighted by Crippen LogP contribution is 2.34. The fourth-order valence-corrected chi connectivity index (χ4v) is 2.71. The van der Waals surface area contributed by atoms with Crippen LogP contribution >= 0.6 is 11.6 Å². The Morgan fingerprint density at radius 2 is 2.39 bits per heavy atom. The highest BCUT2D eigenvalue weighted by atomic mass is 35.5. The molecule has 3 heterocycles. The van der Waals surface area contributed by atoms with Gasteiger partial charge in [0, 0.05) is 12.8 Å². The molecule has 3 rings (SSSR count). The molecule has 0 spiro atoms. The van der Waals surface area contributed by atoms with Gasteiger partial charge in [0.1, 0.15) is 11.3 Å². The van der Waals surface area contributed by atoms with Crippen molar-refractivity contribution >= 4 is 22.8 Å². The lowest BCUT2D eigenvalue weighted by Gasteiger charge is -2.27. The van der Waals surface area contributed by atoms with E-state index in [0.717, 1.165) is 30.0 Å². The standard InChI is InChI=1S/C13H16ClN3O/c1-9(14)11-16-10-4-3-6-15-12(10)17(11)13(2)5-7-18-8-13/h3-4,6,9H,5,7-8H2,1-2H3. The van der Waals surface area contributed by atoms with Crippen LogP contribution in [0.3, 0.4) is 0 Å². The molecule has 0 saturated carbocycles. The van der Waals surface area contributed by atoms with Gasteiger partial charge in [-0.15, -0.1) is 11.6 Å². The Hall–Kier alpha value is -1.13. The van der Waals surface area contributed by atoms with Crippen molar-refractivity contribution in [2.45, 2.75) is 31.2 Å². The Morgan fingerprint density at radius 1 is 1.56 bits per heavy atom. The summed E-state index contributed by atoms with van der Waals surface area (Å²) >= 11 is 6.27. The predicted octanol–water partition coefficient (Wildman–Crippen LogP) is 2.87. The van der Waals surface area contributed by atoms with Gasteiger partial charge in [-0.2, -0.15) is 0 Å². The number of halogens is 1. The molecule has 1 saturated heterocycles. The van der Waals surface area contributed by atoms with Crippen LogP contribution in [0, 0.1) is 0 Å². The molecule has 96 valence electrons. The molecule has 0 aliphatic carbocycles. The Morgan fingerprint density at radius 3 is 3.06 bits per heavy atom. The zero-order valence-electron chi connectivity index (χ0n) is 10.6. The van der Waals surface area contributed by atoms with E-state index >= 15 is 0 Å². The molecule has 0 radical (unpaired) electrons. The van der Waals surface area contributed by atoms with Gasteiger partial charge < -0.3 is 9.30 Å². The number of imidazole rings is 1. The maximum Gasteiger partial charge on any atom is 0.160 e. The molecule has 2 atom stereocenters. The van der Waals surface area contributed by atoms with Crippen LogP contribution in [0.5, 0.6) is 0 Å². The van der Waals surface area contributed by atoms with Crippen LogP contribution in [-0.4, -0.2) is 27.7 Å². The number of ether oxygens (including phenoxy) is 1. The molecular formula is C13H16ClN3O. The number of hydrogen-bond acceptors (Lipinski definition) is 3. The molecule has 2 unspecified atom stereocenters. The van der Waals surface area contributed by atoms with Crippen molar-refractivity contribution < 1.29 is 4.74 Å². The van der Waals surface area contributed by atoms with E-state index in [1.165, 1.54) is 0 Å². The lowest BCUT2D eigenvalue weighted by atomic mass is 10.0. The molecule has 4 nitrogen and oxygen atoms in total. The van der Waals surface area contributed by atoms with Gasteiger partial charge in [0.05, 0.1) is 17.5 Å². The fourth-order valence-electron chi connectivity index (χ4n) is 2.56. The van der Waals surface area contributed by atoms with Crippen molar-refractivity contribution in [2.75, 3.05) is 13.2 Å². The summed E-state index contributed by atoms with van der Waals surface area (Å²) in [6, 6.07) is 3.87. The number of fused-ring (bicyclic) bond motifs is 1. The fraction of sp³-hybridized carbons (Fsp3) is 0.538. The number of pyridine rings is 1. The lowest BCUT2D eigenvalue weighted by molar-refractivity contribution is 0.161. The zero-order chi connectivity index (χ0) is 12.8. The second kappa shape index (κ2) is 4.21. The van der Waals surface area contributed by atoms with E-state index in [9.17, 15) is 0 Å². The maximum atomic E-state index is 6.27. The van der Waals surface area contributed by atoms with E-state index in [1.807, 2.05) is 19.1 Å². The van der Waals surface area contributed by atoms with Crippen molar-refractivity contribution in [3.8, 4) is 0 Å². The first-order valence-corrected chi connectivity index (χ1v) is 6.61. The Balaban J connectivity index is 2.27. The molecule has 5 heteroatoms. The van der Waals surface area contributed by atoms with Crippen LogP contribution in [0.2, 0.25) is 0 Å². The Bertz CT molecular complexity index is 573. The highest BCUT2D eigenvalue weighted by molar-refractivity contribution is 6.20. The summed E-state index contributed by atoms with van der Waals surface area (Å²) in [5.74, 6) is 0.873. The quantitative estimate of drug-likeness (QED) is 0.784. The predicted molar refractivity (Wildman–Crippen MR) is 70.9 cm³/mol. The topological polar surface area (TPSA) is 39.9 Å². The molecule has 1 aliphatic rings. The van der Waals surface area contributed by atoms with Crippen LogP contribution < -0.4 is 0 Å². The van der Waals surface area contributed by atoms with Gasteiger partial charge in [-0.1, -0.05) is 0 Å². The molecule has 2 aromatic rings. The van der Waals surface area contributed by atoms with Crippen LogP contribution in [0.15, 0.2) is 18.3 Å². The highest BCUT2D eigenvalue weighted by Gasteiger charge is 2.36. The summed E-state index contributed by atoms with van der Waals surface area (Å²) in [5.41, 5.74) is 1.70. The number of alkyl halides is 1. The summed E-state index contributed by atoms with van der Waals surface area (Å²) < 4.78 is 7.71. The third-order valence-corrected chi connectivity index (χ3v) is 3.73. The molecule has 0 amide bonds. The second-order valence-electron chi connectivity index (χ2n) is 5.07. The first kappa shape index (κ1) is 11.9. The number of aromatic nitrogens is 3. The van der Waals surface area contributed by atoms with E-state index < -0.39 is 0 Å². The van der Waals surface area contributed by atoms with Crippen molar-refractivity contribution in [1.29, 1.82) is 0 Å². The van der Waals surface area contributed by atoms with Crippen LogP contribution in [0.25, 0.3) is 11.2 Å². The average molecular weight is 266 g/mol. The molecule has 1 fully saturated rings. The first-order valence-electron chi connectivity index (χ1n) is 6.17. The van der Waals surface area contributed by atoms with Gasteiger partial charge in [-0.3, -0.25) is 0 Å². The van der Waals surface area contributed by atoms with E-state index in [2.05, 4.69) is 21.5 Å². The average Bonchev–Trinajstić information content (AvgIpc) is 2.93. The Labute approximate surface area is 111 Å². The first-order chi connectivity index (χ1) is 8.62. The van der Waals surface area contributed by atoms with Crippen molar-refractivity contribution in [3.05, 3.63) is 24.2 Å². The minimum absolute atomic E-state index is 0.0956. The Kier molecular flexibility index (Phi) is 2.79. The van der Waals surface area contributed by atoms with Crippen molar-refractivity contribution in [3.63, 3.8) is 0 Å². The van der Waals surface area contributed by atoms with Gasteiger partial charge in [-0.25, -0.2) is 9.97 Å². The largest absolute Gasteiger partial charge is 0.379 e. The summed E-state index contributed by atoms with van der Waals surface area (Å²) in [5, 5.41) is -0.142. The van der Waals surface area contributed by atoms with Crippen LogP contribution in [0.4, 0.5) is 0 Å². The number of nitrogens with zero attached hydrogens (tertiary/aromatic N) is 3. The molecule has 2 aromatic heterocycles. The van der Waals surface area contributed by atoms with Crippen LogP contribution in [-0.2, 0) is 10.3 Å². The smallest absolute Gasteiger partial charge is 0.160 e. The van der Waals surface area contributed by atoms with E-state index in [0.29, 0.717) is 6.61 Å². The second-order valence-corrected chi connectivity index (χ2v) is 5.72. The zero-order valence-corrected chi connectivity index (χ0v) is 11.3.